The maximum Gasteiger partial charge on any atom is 0.253 e. The van der Waals surface area contributed by atoms with Crippen LogP contribution >= 0.6 is 50.5 Å². The molecule has 0 saturated carbocycles. The van der Waals surface area contributed by atoms with E-state index in [4.69, 9.17) is 27.9 Å². The van der Waals surface area contributed by atoms with Crippen molar-refractivity contribution in [3.8, 4) is 0 Å². The first kappa shape index (κ1) is 15.2. The zero-order valence-corrected chi connectivity index (χ0v) is 12.9. The molecule has 0 aromatic carbocycles. The van der Waals surface area contributed by atoms with Gasteiger partial charge in [-0.15, -0.1) is 11.3 Å². The quantitative estimate of drug-likeness (QED) is 0.596. The van der Waals surface area contributed by atoms with Crippen LogP contribution in [0.25, 0.3) is 0 Å². The number of hydrogen-bond acceptors (Lipinski definition) is 3. The molecule has 0 unspecified atom stereocenters. The topological polar surface area (TPSA) is 38.3 Å². The Balaban J connectivity index is 2.23. The third-order valence-corrected chi connectivity index (χ3v) is 3.69. The van der Waals surface area contributed by atoms with Crippen LogP contribution in [-0.2, 0) is 4.74 Å². The molecule has 1 amide bonds. The van der Waals surface area contributed by atoms with Crippen LogP contribution in [0, 0.1) is 0 Å². The Labute approximate surface area is 123 Å². The SMILES string of the molecule is O=C(NCCCOCCBr)c1cc(Cl)sc1Cl. The van der Waals surface area contributed by atoms with E-state index in [1.165, 1.54) is 11.3 Å². The summed E-state index contributed by atoms with van der Waals surface area (Å²) >= 11 is 16.1. The Morgan fingerprint density at radius 1 is 1.47 bits per heavy atom. The predicted octanol–water partition coefficient (Wildman–Crippen LogP) is 3.59. The molecule has 0 fully saturated rings. The zero-order valence-electron chi connectivity index (χ0n) is 8.97. The summed E-state index contributed by atoms with van der Waals surface area (Å²) in [6.45, 7) is 1.87. The van der Waals surface area contributed by atoms with Crippen molar-refractivity contribution in [3.05, 3.63) is 20.3 Å². The lowest BCUT2D eigenvalue weighted by molar-refractivity contribution is 0.0945. The Kier molecular flexibility index (Phi) is 7.46. The van der Waals surface area contributed by atoms with E-state index >= 15 is 0 Å². The molecule has 0 spiro atoms. The number of halogens is 3. The molecule has 1 rings (SSSR count). The second-order valence-electron chi connectivity index (χ2n) is 3.15. The number of amides is 1. The van der Waals surface area contributed by atoms with Gasteiger partial charge in [0.2, 0.25) is 0 Å². The van der Waals surface area contributed by atoms with Crippen LogP contribution in [0.4, 0.5) is 0 Å². The van der Waals surface area contributed by atoms with Crippen molar-refractivity contribution in [2.75, 3.05) is 25.1 Å². The largest absolute Gasteiger partial charge is 0.381 e. The van der Waals surface area contributed by atoms with Gasteiger partial charge in [0.1, 0.15) is 4.34 Å². The highest BCUT2D eigenvalue weighted by Gasteiger charge is 2.13. The van der Waals surface area contributed by atoms with Crippen LogP contribution in [0.2, 0.25) is 8.67 Å². The summed E-state index contributed by atoms with van der Waals surface area (Å²) in [5.41, 5.74) is 0.433. The molecule has 96 valence electrons. The number of carbonyl (C=O) groups excluding carboxylic acids is 1. The van der Waals surface area contributed by atoms with Crippen LogP contribution in [0.5, 0.6) is 0 Å². The first-order valence-electron chi connectivity index (χ1n) is 5.02. The normalized spacial score (nSPS) is 10.5. The average Bonchev–Trinajstić information content (AvgIpc) is 2.62. The lowest BCUT2D eigenvalue weighted by Crippen LogP contribution is -2.25. The number of thiophene rings is 1. The monoisotopic (exact) mass is 359 g/mol. The molecule has 7 heteroatoms. The van der Waals surface area contributed by atoms with E-state index in [9.17, 15) is 4.79 Å². The standard InChI is InChI=1S/C10H12BrCl2NO2S/c11-2-5-16-4-1-3-14-10(15)7-6-8(12)17-9(7)13/h6H,1-5H2,(H,14,15). The zero-order chi connectivity index (χ0) is 12.7. The summed E-state index contributed by atoms with van der Waals surface area (Å²) in [6.07, 6.45) is 0.772. The van der Waals surface area contributed by atoms with Gasteiger partial charge in [0.15, 0.2) is 0 Å². The summed E-state index contributed by atoms with van der Waals surface area (Å²) in [6, 6.07) is 1.57. The van der Waals surface area contributed by atoms with Crippen LogP contribution in [0.15, 0.2) is 6.07 Å². The highest BCUT2D eigenvalue weighted by Crippen LogP contribution is 2.30. The first-order chi connectivity index (χ1) is 8.15. The van der Waals surface area contributed by atoms with Gasteiger partial charge in [-0.05, 0) is 12.5 Å². The lowest BCUT2D eigenvalue weighted by Gasteiger charge is -2.04. The fourth-order valence-corrected chi connectivity index (χ4v) is 2.81. The third-order valence-electron chi connectivity index (χ3n) is 1.87. The molecule has 0 atom stereocenters. The average molecular weight is 361 g/mol. The molecule has 0 aliphatic heterocycles. The lowest BCUT2D eigenvalue weighted by atomic mass is 10.3. The van der Waals surface area contributed by atoms with Gasteiger partial charge in [-0.1, -0.05) is 39.1 Å². The van der Waals surface area contributed by atoms with Gasteiger partial charge in [0.05, 0.1) is 16.5 Å². The smallest absolute Gasteiger partial charge is 0.253 e. The Morgan fingerprint density at radius 3 is 2.82 bits per heavy atom. The van der Waals surface area contributed by atoms with Crippen molar-refractivity contribution in [2.24, 2.45) is 0 Å². The number of carbonyl (C=O) groups is 1. The predicted molar refractivity (Wildman–Crippen MR) is 75.9 cm³/mol. The maximum absolute atomic E-state index is 11.7. The van der Waals surface area contributed by atoms with Gasteiger partial charge in [0, 0.05) is 18.5 Å². The third kappa shape index (κ3) is 5.57. The van der Waals surface area contributed by atoms with E-state index in [0.29, 0.717) is 34.0 Å². The number of hydrogen-bond donors (Lipinski definition) is 1. The molecule has 0 aliphatic carbocycles. The van der Waals surface area contributed by atoms with E-state index in [2.05, 4.69) is 21.2 Å². The Hall–Kier alpha value is 0.190. The van der Waals surface area contributed by atoms with Crippen LogP contribution in [-0.4, -0.2) is 31.0 Å². The molecule has 17 heavy (non-hydrogen) atoms. The van der Waals surface area contributed by atoms with E-state index in [-0.39, 0.29) is 5.91 Å². The van der Waals surface area contributed by atoms with Crippen molar-refractivity contribution >= 4 is 56.4 Å². The summed E-state index contributed by atoms with van der Waals surface area (Å²) in [5.74, 6) is -0.196. The van der Waals surface area contributed by atoms with Crippen molar-refractivity contribution in [3.63, 3.8) is 0 Å². The van der Waals surface area contributed by atoms with E-state index in [0.717, 1.165) is 11.8 Å². The molecule has 0 bridgehead atoms. The summed E-state index contributed by atoms with van der Waals surface area (Å²) < 4.78 is 6.19. The van der Waals surface area contributed by atoms with Crippen molar-refractivity contribution in [1.29, 1.82) is 0 Å². The minimum atomic E-state index is -0.196. The minimum Gasteiger partial charge on any atom is -0.381 e. The Bertz CT molecular complexity index is 373. The molecular weight excluding hydrogens is 349 g/mol. The van der Waals surface area contributed by atoms with Gasteiger partial charge in [-0.25, -0.2) is 0 Å². The van der Waals surface area contributed by atoms with Crippen LogP contribution in [0.1, 0.15) is 16.8 Å². The van der Waals surface area contributed by atoms with E-state index in [1.54, 1.807) is 6.07 Å². The van der Waals surface area contributed by atoms with Crippen molar-refractivity contribution in [2.45, 2.75) is 6.42 Å². The Morgan fingerprint density at radius 2 is 2.24 bits per heavy atom. The molecule has 3 nitrogen and oxygen atoms in total. The van der Waals surface area contributed by atoms with Gasteiger partial charge in [-0.2, -0.15) is 0 Å². The first-order valence-corrected chi connectivity index (χ1v) is 7.71. The molecule has 1 heterocycles. The highest BCUT2D eigenvalue weighted by atomic mass is 79.9. The van der Waals surface area contributed by atoms with Gasteiger partial charge in [0.25, 0.3) is 5.91 Å². The van der Waals surface area contributed by atoms with Gasteiger partial charge >= 0.3 is 0 Å². The second kappa shape index (κ2) is 8.32. The summed E-state index contributed by atoms with van der Waals surface area (Å²) in [7, 11) is 0. The second-order valence-corrected chi connectivity index (χ2v) is 6.23. The van der Waals surface area contributed by atoms with Crippen LogP contribution < -0.4 is 5.32 Å². The highest BCUT2D eigenvalue weighted by molar-refractivity contribution is 9.09. The van der Waals surface area contributed by atoms with Crippen molar-refractivity contribution < 1.29 is 9.53 Å². The summed E-state index contributed by atoms with van der Waals surface area (Å²) in [5, 5.41) is 3.58. The molecule has 1 N–H and O–H groups in total. The number of ether oxygens (including phenoxy) is 1. The number of alkyl halides is 1. The fourth-order valence-electron chi connectivity index (χ4n) is 1.12. The van der Waals surface area contributed by atoms with Crippen molar-refractivity contribution in [1.82, 2.24) is 5.32 Å². The number of rotatable bonds is 7. The number of nitrogens with one attached hydrogen (secondary N) is 1. The molecule has 1 aromatic heterocycles. The van der Waals surface area contributed by atoms with E-state index < -0.39 is 0 Å². The van der Waals surface area contributed by atoms with Gasteiger partial charge in [-0.3, -0.25) is 4.79 Å². The molecule has 1 aromatic rings. The maximum atomic E-state index is 11.7. The summed E-state index contributed by atoms with van der Waals surface area (Å²) in [4.78, 5) is 11.7. The fraction of sp³-hybridized carbons (Fsp3) is 0.500. The molecule has 0 saturated heterocycles. The molecule has 0 aliphatic rings. The minimum absolute atomic E-state index is 0.196. The van der Waals surface area contributed by atoms with Gasteiger partial charge < -0.3 is 10.1 Å². The molecule has 0 radical (unpaired) electrons. The molecular formula is C10H12BrCl2NO2S. The van der Waals surface area contributed by atoms with E-state index in [1.807, 2.05) is 0 Å². The van der Waals surface area contributed by atoms with Crippen LogP contribution in [0.3, 0.4) is 0 Å².